The lowest BCUT2D eigenvalue weighted by molar-refractivity contribution is 0.546. The van der Waals surface area contributed by atoms with Gasteiger partial charge >= 0.3 is 0 Å². The summed E-state index contributed by atoms with van der Waals surface area (Å²) in [5.74, 6) is -0.354. The second kappa shape index (κ2) is 7.21. The highest BCUT2D eigenvalue weighted by Gasteiger charge is 2.17. The van der Waals surface area contributed by atoms with E-state index in [-0.39, 0.29) is 16.9 Å². The molecule has 0 amide bonds. The molecular weight excluding hydrogens is 293 g/mol. The van der Waals surface area contributed by atoms with Crippen molar-refractivity contribution in [2.45, 2.75) is 32.7 Å². The smallest absolute Gasteiger partial charge is 0.142 e. The van der Waals surface area contributed by atoms with E-state index in [1.165, 1.54) is 15.8 Å². The largest absolute Gasteiger partial charge is 0.310 e. The van der Waals surface area contributed by atoms with Gasteiger partial charge in [0.1, 0.15) is 5.82 Å². The second-order valence-corrected chi connectivity index (χ2v) is 6.31. The highest BCUT2D eigenvalue weighted by Crippen LogP contribution is 2.30. The van der Waals surface area contributed by atoms with Crippen molar-refractivity contribution in [3.05, 3.63) is 56.5 Å². The standard InChI is InChI=1S/C16H19ClFNS/c1-3-11-8-9-12(20-11)10-15(19-4-2)13-6-5-7-14(18)16(13)17/h5-9,15,19H,3-4,10H2,1-2H3. The Labute approximate surface area is 128 Å². The first-order chi connectivity index (χ1) is 9.65. The Morgan fingerprint density at radius 1 is 1.20 bits per heavy atom. The van der Waals surface area contributed by atoms with Crippen LogP contribution in [0, 0.1) is 5.82 Å². The summed E-state index contributed by atoms with van der Waals surface area (Å²) >= 11 is 7.93. The van der Waals surface area contributed by atoms with Gasteiger partial charge in [-0.1, -0.05) is 37.6 Å². The summed E-state index contributed by atoms with van der Waals surface area (Å²) < 4.78 is 13.6. The lowest BCUT2D eigenvalue weighted by Crippen LogP contribution is -2.23. The fourth-order valence-electron chi connectivity index (χ4n) is 2.25. The number of nitrogens with one attached hydrogen (secondary N) is 1. The molecule has 0 saturated carbocycles. The van der Waals surface area contributed by atoms with Crippen molar-refractivity contribution >= 4 is 22.9 Å². The molecule has 0 bridgehead atoms. The van der Waals surface area contributed by atoms with Crippen LogP contribution in [0.5, 0.6) is 0 Å². The summed E-state index contributed by atoms with van der Waals surface area (Å²) in [6.07, 6.45) is 1.89. The monoisotopic (exact) mass is 311 g/mol. The van der Waals surface area contributed by atoms with Gasteiger partial charge in [0, 0.05) is 22.2 Å². The zero-order valence-electron chi connectivity index (χ0n) is 11.7. The Morgan fingerprint density at radius 3 is 2.60 bits per heavy atom. The summed E-state index contributed by atoms with van der Waals surface area (Å²) in [7, 11) is 0. The van der Waals surface area contributed by atoms with Crippen LogP contribution in [-0.2, 0) is 12.8 Å². The maximum absolute atomic E-state index is 13.6. The summed E-state index contributed by atoms with van der Waals surface area (Å²) in [6.45, 7) is 5.02. The molecule has 1 atom stereocenters. The molecular formula is C16H19ClFNS. The fraction of sp³-hybridized carbons (Fsp3) is 0.375. The van der Waals surface area contributed by atoms with Gasteiger partial charge in [-0.25, -0.2) is 4.39 Å². The molecule has 2 aromatic rings. The van der Waals surface area contributed by atoms with Crippen molar-refractivity contribution in [3.8, 4) is 0 Å². The van der Waals surface area contributed by atoms with Gasteiger partial charge in [-0.3, -0.25) is 0 Å². The highest BCUT2D eigenvalue weighted by atomic mass is 35.5. The van der Waals surface area contributed by atoms with Crippen LogP contribution in [0.4, 0.5) is 4.39 Å². The normalized spacial score (nSPS) is 12.6. The topological polar surface area (TPSA) is 12.0 Å². The van der Waals surface area contributed by atoms with Crippen molar-refractivity contribution in [3.63, 3.8) is 0 Å². The predicted octanol–water partition coefficient (Wildman–Crippen LogP) is 5.00. The van der Waals surface area contributed by atoms with Crippen LogP contribution in [0.15, 0.2) is 30.3 Å². The molecule has 0 aliphatic carbocycles. The summed E-state index contributed by atoms with van der Waals surface area (Å²) in [5, 5.41) is 3.63. The number of aryl methyl sites for hydroxylation is 1. The van der Waals surface area contributed by atoms with Crippen LogP contribution in [0.1, 0.15) is 35.2 Å². The van der Waals surface area contributed by atoms with E-state index in [0.717, 1.165) is 24.9 Å². The number of rotatable bonds is 6. The van der Waals surface area contributed by atoms with E-state index in [1.54, 1.807) is 6.07 Å². The van der Waals surface area contributed by atoms with Crippen molar-refractivity contribution in [1.82, 2.24) is 5.32 Å². The SMILES string of the molecule is CCNC(Cc1ccc(CC)s1)c1cccc(F)c1Cl. The zero-order chi connectivity index (χ0) is 14.5. The molecule has 4 heteroatoms. The fourth-order valence-corrected chi connectivity index (χ4v) is 3.51. The molecule has 1 aromatic carbocycles. The molecule has 1 unspecified atom stereocenters. The third kappa shape index (κ3) is 3.60. The minimum Gasteiger partial charge on any atom is -0.310 e. The van der Waals surface area contributed by atoms with E-state index in [9.17, 15) is 4.39 Å². The van der Waals surface area contributed by atoms with Gasteiger partial charge in [0.05, 0.1) is 5.02 Å². The van der Waals surface area contributed by atoms with Gasteiger partial charge in [-0.2, -0.15) is 0 Å². The minimum atomic E-state index is -0.354. The molecule has 108 valence electrons. The van der Waals surface area contributed by atoms with Crippen molar-refractivity contribution in [2.75, 3.05) is 6.54 Å². The third-order valence-corrected chi connectivity index (χ3v) is 4.93. The molecule has 1 nitrogen and oxygen atoms in total. The van der Waals surface area contributed by atoms with E-state index in [2.05, 4.69) is 24.4 Å². The van der Waals surface area contributed by atoms with Crippen LogP contribution < -0.4 is 5.32 Å². The Morgan fingerprint density at radius 2 is 1.95 bits per heavy atom. The maximum Gasteiger partial charge on any atom is 0.142 e. The van der Waals surface area contributed by atoms with Crippen LogP contribution in [0.2, 0.25) is 5.02 Å². The zero-order valence-corrected chi connectivity index (χ0v) is 13.3. The van der Waals surface area contributed by atoms with Gasteiger partial charge < -0.3 is 5.32 Å². The summed E-state index contributed by atoms with van der Waals surface area (Å²) in [6, 6.07) is 9.37. The van der Waals surface area contributed by atoms with E-state index in [4.69, 9.17) is 11.6 Å². The van der Waals surface area contributed by atoms with E-state index in [1.807, 2.05) is 24.3 Å². The Hall–Kier alpha value is -0.900. The van der Waals surface area contributed by atoms with E-state index < -0.39 is 0 Å². The highest BCUT2D eigenvalue weighted by molar-refractivity contribution is 7.11. The molecule has 0 aliphatic rings. The second-order valence-electron chi connectivity index (χ2n) is 4.68. The van der Waals surface area contributed by atoms with Gasteiger partial charge in [-0.05, 0) is 36.7 Å². The average molecular weight is 312 g/mol. The first-order valence-corrected chi connectivity index (χ1v) is 8.10. The average Bonchev–Trinajstić information content (AvgIpc) is 2.89. The first-order valence-electron chi connectivity index (χ1n) is 6.90. The summed E-state index contributed by atoms with van der Waals surface area (Å²) in [5.41, 5.74) is 0.833. The third-order valence-electron chi connectivity index (χ3n) is 3.28. The number of hydrogen-bond donors (Lipinski definition) is 1. The number of thiophene rings is 1. The molecule has 1 N–H and O–H groups in total. The quantitative estimate of drug-likeness (QED) is 0.792. The van der Waals surface area contributed by atoms with Gasteiger partial charge in [-0.15, -0.1) is 11.3 Å². The van der Waals surface area contributed by atoms with Crippen molar-refractivity contribution in [1.29, 1.82) is 0 Å². The van der Waals surface area contributed by atoms with Gasteiger partial charge in [0.2, 0.25) is 0 Å². The van der Waals surface area contributed by atoms with Crippen molar-refractivity contribution < 1.29 is 4.39 Å². The number of likely N-dealkylation sites (N-methyl/N-ethyl adjacent to an activating group) is 1. The van der Waals surface area contributed by atoms with Crippen LogP contribution in [0.3, 0.4) is 0 Å². The Kier molecular flexibility index (Phi) is 5.58. The van der Waals surface area contributed by atoms with Crippen molar-refractivity contribution in [2.24, 2.45) is 0 Å². The molecule has 0 fully saturated rings. The number of halogens is 2. The van der Waals surface area contributed by atoms with Crippen LogP contribution in [-0.4, -0.2) is 6.54 Å². The number of benzene rings is 1. The molecule has 20 heavy (non-hydrogen) atoms. The molecule has 0 spiro atoms. The van der Waals surface area contributed by atoms with Gasteiger partial charge in [0.15, 0.2) is 0 Å². The minimum absolute atomic E-state index is 0.0477. The van der Waals surface area contributed by atoms with E-state index in [0.29, 0.717) is 0 Å². The maximum atomic E-state index is 13.6. The molecule has 0 saturated heterocycles. The summed E-state index contributed by atoms with van der Waals surface area (Å²) in [4.78, 5) is 2.67. The number of hydrogen-bond acceptors (Lipinski definition) is 2. The van der Waals surface area contributed by atoms with Crippen LogP contribution >= 0.6 is 22.9 Å². The lowest BCUT2D eigenvalue weighted by atomic mass is 10.0. The molecule has 0 radical (unpaired) electrons. The molecule has 1 aromatic heterocycles. The lowest BCUT2D eigenvalue weighted by Gasteiger charge is -2.19. The molecule has 2 rings (SSSR count). The van der Waals surface area contributed by atoms with Gasteiger partial charge in [0.25, 0.3) is 0 Å². The first kappa shape index (κ1) is 15.5. The molecule has 0 aliphatic heterocycles. The molecule has 1 heterocycles. The Balaban J connectivity index is 2.24. The van der Waals surface area contributed by atoms with Crippen LogP contribution in [0.25, 0.3) is 0 Å². The Bertz CT molecular complexity index is 567. The predicted molar refractivity (Wildman–Crippen MR) is 85.2 cm³/mol. The van der Waals surface area contributed by atoms with E-state index >= 15 is 0 Å².